The number of carbonyl (C=O) groups excluding carboxylic acids is 1. The lowest BCUT2D eigenvalue weighted by atomic mass is 10.0. The maximum atomic E-state index is 11.9. The number of hydrogen-bond acceptors (Lipinski definition) is 4. The molecule has 0 radical (unpaired) electrons. The summed E-state index contributed by atoms with van der Waals surface area (Å²) in [4.78, 5) is 11.9. The van der Waals surface area contributed by atoms with Crippen LogP contribution in [0.25, 0.3) is 0 Å². The topological polar surface area (TPSA) is 53.4 Å². The molecule has 1 heterocycles. The largest absolute Gasteiger partial charge is 0.472 e. The summed E-state index contributed by atoms with van der Waals surface area (Å²) in [7, 11) is 1.82. The minimum atomic E-state index is -0.323. The Kier molecular flexibility index (Phi) is 4.40. The number of hydrogen-bond donors (Lipinski definition) is 0. The van der Waals surface area contributed by atoms with Gasteiger partial charge in [-0.05, 0) is 25.5 Å². The molecule has 0 spiro atoms. The van der Waals surface area contributed by atoms with Gasteiger partial charge in [0, 0.05) is 24.9 Å². The average molecular weight is 274 g/mol. The van der Waals surface area contributed by atoms with Gasteiger partial charge in [-0.15, -0.1) is 5.10 Å². The average Bonchev–Trinajstić information content (AvgIpc) is 2.83. The number of aromatic nitrogens is 2. The van der Waals surface area contributed by atoms with Crippen molar-refractivity contribution in [2.45, 2.75) is 20.5 Å². The lowest BCUT2D eigenvalue weighted by Crippen LogP contribution is -2.11. The predicted octanol–water partition coefficient (Wildman–Crippen LogP) is 2.48. The SMILES string of the molecule is CCOC(=O)c1cccc(C)c1COc1ccn(C)n1. The number of esters is 1. The van der Waals surface area contributed by atoms with Crippen molar-refractivity contribution < 1.29 is 14.3 Å². The van der Waals surface area contributed by atoms with Crippen LogP contribution in [-0.2, 0) is 18.4 Å². The molecule has 0 aliphatic heterocycles. The van der Waals surface area contributed by atoms with Gasteiger partial charge in [-0.2, -0.15) is 0 Å². The van der Waals surface area contributed by atoms with E-state index in [1.165, 1.54) is 0 Å². The van der Waals surface area contributed by atoms with Crippen LogP contribution in [0.1, 0.15) is 28.4 Å². The van der Waals surface area contributed by atoms with Gasteiger partial charge in [-0.25, -0.2) is 4.79 Å². The van der Waals surface area contributed by atoms with Gasteiger partial charge < -0.3 is 9.47 Å². The zero-order valence-electron chi connectivity index (χ0n) is 11.9. The summed E-state index contributed by atoms with van der Waals surface area (Å²) in [6.07, 6.45) is 1.81. The molecule has 2 aromatic rings. The van der Waals surface area contributed by atoms with E-state index in [2.05, 4.69) is 5.10 Å². The third-order valence-corrected chi connectivity index (χ3v) is 2.96. The third-order valence-electron chi connectivity index (χ3n) is 2.96. The Labute approximate surface area is 118 Å². The van der Waals surface area contributed by atoms with Crippen LogP contribution in [0.2, 0.25) is 0 Å². The zero-order valence-corrected chi connectivity index (χ0v) is 11.9. The van der Waals surface area contributed by atoms with E-state index >= 15 is 0 Å². The molecule has 0 bridgehead atoms. The van der Waals surface area contributed by atoms with Crippen molar-refractivity contribution in [3.63, 3.8) is 0 Å². The fourth-order valence-electron chi connectivity index (χ4n) is 1.91. The molecule has 0 saturated heterocycles. The lowest BCUT2D eigenvalue weighted by Gasteiger charge is -2.11. The zero-order chi connectivity index (χ0) is 14.5. The summed E-state index contributed by atoms with van der Waals surface area (Å²) in [5.74, 6) is 0.210. The third kappa shape index (κ3) is 3.17. The molecule has 1 aromatic carbocycles. The van der Waals surface area contributed by atoms with Gasteiger partial charge >= 0.3 is 5.97 Å². The second kappa shape index (κ2) is 6.23. The number of carbonyl (C=O) groups is 1. The van der Waals surface area contributed by atoms with Crippen LogP contribution in [-0.4, -0.2) is 22.4 Å². The van der Waals surface area contributed by atoms with E-state index in [4.69, 9.17) is 9.47 Å². The summed E-state index contributed by atoms with van der Waals surface area (Å²) in [5, 5.41) is 4.14. The standard InChI is InChI=1S/C15H18N2O3/c1-4-19-15(18)12-7-5-6-11(2)13(12)10-20-14-8-9-17(3)16-14/h5-9H,4,10H2,1-3H3. The molecule has 0 fully saturated rings. The highest BCUT2D eigenvalue weighted by Gasteiger charge is 2.15. The maximum absolute atomic E-state index is 11.9. The molecule has 20 heavy (non-hydrogen) atoms. The van der Waals surface area contributed by atoms with Crippen LogP contribution in [0, 0.1) is 6.92 Å². The molecule has 106 valence electrons. The van der Waals surface area contributed by atoms with Gasteiger partial charge in [0.05, 0.1) is 12.2 Å². The fourth-order valence-corrected chi connectivity index (χ4v) is 1.91. The first-order valence-electron chi connectivity index (χ1n) is 6.50. The second-order valence-corrected chi connectivity index (χ2v) is 4.44. The molecule has 0 aliphatic rings. The molecule has 0 N–H and O–H groups in total. The van der Waals surface area contributed by atoms with Crippen LogP contribution in [0.3, 0.4) is 0 Å². The summed E-state index contributed by atoms with van der Waals surface area (Å²) in [6.45, 7) is 4.38. The van der Waals surface area contributed by atoms with Gasteiger partial charge in [-0.1, -0.05) is 12.1 Å². The van der Waals surface area contributed by atoms with Crippen LogP contribution in [0.4, 0.5) is 0 Å². The van der Waals surface area contributed by atoms with E-state index in [-0.39, 0.29) is 12.6 Å². The number of benzene rings is 1. The van der Waals surface area contributed by atoms with Crippen molar-refractivity contribution in [2.75, 3.05) is 6.61 Å². The van der Waals surface area contributed by atoms with Crippen molar-refractivity contribution in [2.24, 2.45) is 7.05 Å². The Morgan fingerprint density at radius 3 is 2.80 bits per heavy atom. The quantitative estimate of drug-likeness (QED) is 0.786. The minimum absolute atomic E-state index is 0.290. The second-order valence-electron chi connectivity index (χ2n) is 4.44. The monoisotopic (exact) mass is 274 g/mol. The Balaban J connectivity index is 2.19. The van der Waals surface area contributed by atoms with Crippen molar-refractivity contribution in [1.29, 1.82) is 0 Å². The first-order chi connectivity index (χ1) is 9.61. The van der Waals surface area contributed by atoms with E-state index in [0.29, 0.717) is 18.1 Å². The molecule has 5 nitrogen and oxygen atoms in total. The Bertz CT molecular complexity index is 605. The summed E-state index contributed by atoms with van der Waals surface area (Å²) in [6, 6.07) is 7.32. The van der Waals surface area contributed by atoms with Crippen molar-refractivity contribution in [1.82, 2.24) is 9.78 Å². The van der Waals surface area contributed by atoms with Gasteiger partial charge in [-0.3, -0.25) is 4.68 Å². The van der Waals surface area contributed by atoms with Crippen LogP contribution in [0.5, 0.6) is 5.88 Å². The molecular weight excluding hydrogens is 256 g/mol. The molecule has 0 atom stereocenters. The van der Waals surface area contributed by atoms with Gasteiger partial charge in [0.25, 0.3) is 0 Å². The van der Waals surface area contributed by atoms with E-state index in [0.717, 1.165) is 11.1 Å². The van der Waals surface area contributed by atoms with Gasteiger partial charge in [0.2, 0.25) is 5.88 Å². The number of ether oxygens (including phenoxy) is 2. The predicted molar refractivity (Wildman–Crippen MR) is 74.7 cm³/mol. The number of nitrogens with zero attached hydrogens (tertiary/aromatic N) is 2. The van der Waals surface area contributed by atoms with Crippen molar-refractivity contribution in [3.05, 3.63) is 47.2 Å². The van der Waals surface area contributed by atoms with E-state index < -0.39 is 0 Å². The molecule has 1 aromatic heterocycles. The fraction of sp³-hybridized carbons (Fsp3) is 0.333. The van der Waals surface area contributed by atoms with Crippen LogP contribution in [0.15, 0.2) is 30.5 Å². The van der Waals surface area contributed by atoms with Crippen LogP contribution < -0.4 is 4.74 Å². The van der Waals surface area contributed by atoms with E-state index in [1.54, 1.807) is 29.9 Å². The summed E-state index contributed by atoms with van der Waals surface area (Å²) >= 11 is 0. The minimum Gasteiger partial charge on any atom is -0.472 e. The first-order valence-corrected chi connectivity index (χ1v) is 6.50. The lowest BCUT2D eigenvalue weighted by molar-refractivity contribution is 0.0523. The summed E-state index contributed by atoms with van der Waals surface area (Å²) < 4.78 is 12.4. The summed E-state index contributed by atoms with van der Waals surface area (Å²) in [5.41, 5.74) is 2.37. The highest BCUT2D eigenvalue weighted by molar-refractivity contribution is 5.91. The maximum Gasteiger partial charge on any atom is 0.338 e. The van der Waals surface area contributed by atoms with Gasteiger partial charge in [0.15, 0.2) is 0 Å². The Morgan fingerprint density at radius 2 is 2.15 bits per heavy atom. The molecule has 5 heteroatoms. The molecular formula is C15H18N2O3. The van der Waals surface area contributed by atoms with Crippen molar-refractivity contribution >= 4 is 5.97 Å². The van der Waals surface area contributed by atoms with Crippen LogP contribution >= 0.6 is 0 Å². The molecule has 0 amide bonds. The smallest absolute Gasteiger partial charge is 0.338 e. The Hall–Kier alpha value is -2.30. The van der Waals surface area contributed by atoms with E-state index in [9.17, 15) is 4.79 Å². The van der Waals surface area contributed by atoms with E-state index in [1.807, 2.05) is 26.1 Å². The van der Waals surface area contributed by atoms with Gasteiger partial charge in [0.1, 0.15) is 6.61 Å². The normalized spacial score (nSPS) is 10.3. The molecule has 0 unspecified atom stereocenters. The molecule has 0 aliphatic carbocycles. The number of aryl methyl sites for hydroxylation is 2. The van der Waals surface area contributed by atoms with Crippen molar-refractivity contribution in [3.8, 4) is 5.88 Å². The number of rotatable bonds is 5. The Morgan fingerprint density at radius 1 is 1.35 bits per heavy atom. The molecule has 0 saturated carbocycles. The highest BCUT2D eigenvalue weighted by atomic mass is 16.5. The highest BCUT2D eigenvalue weighted by Crippen LogP contribution is 2.18. The first kappa shape index (κ1) is 14.1. The molecule has 2 rings (SSSR count).